The standard InChI is InChI=1S/C16H27N3O/c17-15(20)16(12-3-4-12,18-13-5-6-13)10-19(14-7-8-14)9-11-1-2-11/h11-14,18H,1-10H2,(H2,17,20). The summed E-state index contributed by atoms with van der Waals surface area (Å²) < 4.78 is 0. The number of carbonyl (C=O) groups excluding carboxylic acids is 1. The molecule has 4 saturated carbocycles. The fraction of sp³-hybridized carbons (Fsp3) is 0.938. The maximum absolute atomic E-state index is 12.3. The van der Waals surface area contributed by atoms with Gasteiger partial charge in [-0.25, -0.2) is 0 Å². The maximum atomic E-state index is 12.3. The van der Waals surface area contributed by atoms with E-state index in [0.29, 0.717) is 12.0 Å². The molecule has 0 bridgehead atoms. The summed E-state index contributed by atoms with van der Waals surface area (Å²) in [6, 6.07) is 1.28. The highest BCUT2D eigenvalue weighted by atomic mass is 16.1. The van der Waals surface area contributed by atoms with Crippen LogP contribution in [0.4, 0.5) is 0 Å². The fourth-order valence-corrected chi connectivity index (χ4v) is 3.55. The predicted molar refractivity (Wildman–Crippen MR) is 78.1 cm³/mol. The Morgan fingerprint density at radius 3 is 2.25 bits per heavy atom. The van der Waals surface area contributed by atoms with E-state index in [-0.39, 0.29) is 5.91 Å². The van der Waals surface area contributed by atoms with Crippen molar-refractivity contribution < 1.29 is 4.79 Å². The Bertz CT molecular complexity index is 397. The van der Waals surface area contributed by atoms with Crippen molar-refractivity contribution in [3.05, 3.63) is 0 Å². The highest BCUT2D eigenvalue weighted by molar-refractivity contribution is 5.86. The van der Waals surface area contributed by atoms with Crippen LogP contribution >= 0.6 is 0 Å². The molecule has 0 saturated heterocycles. The van der Waals surface area contributed by atoms with E-state index in [9.17, 15) is 4.79 Å². The minimum absolute atomic E-state index is 0.103. The van der Waals surface area contributed by atoms with Gasteiger partial charge in [0.05, 0.1) is 0 Å². The summed E-state index contributed by atoms with van der Waals surface area (Å²) in [7, 11) is 0. The van der Waals surface area contributed by atoms with Gasteiger partial charge in [0, 0.05) is 25.2 Å². The summed E-state index contributed by atoms with van der Waals surface area (Å²) in [6.45, 7) is 2.06. The molecule has 0 aromatic rings. The van der Waals surface area contributed by atoms with Crippen molar-refractivity contribution in [2.45, 2.75) is 69.0 Å². The average molecular weight is 277 g/mol. The normalized spacial score (nSPS) is 29.4. The van der Waals surface area contributed by atoms with Gasteiger partial charge in [0.1, 0.15) is 5.54 Å². The lowest BCUT2D eigenvalue weighted by Gasteiger charge is -2.38. The Balaban J connectivity index is 1.50. The Morgan fingerprint density at radius 1 is 1.10 bits per heavy atom. The molecule has 0 aliphatic heterocycles. The number of primary amides is 1. The van der Waals surface area contributed by atoms with Gasteiger partial charge in [0.2, 0.25) is 5.91 Å². The van der Waals surface area contributed by atoms with E-state index < -0.39 is 5.54 Å². The lowest BCUT2D eigenvalue weighted by molar-refractivity contribution is -0.126. The summed E-state index contributed by atoms with van der Waals surface area (Å²) in [6.07, 6.45) is 10.2. The molecule has 4 aliphatic carbocycles. The van der Waals surface area contributed by atoms with Crippen molar-refractivity contribution in [1.82, 2.24) is 10.2 Å². The molecule has 20 heavy (non-hydrogen) atoms. The first-order chi connectivity index (χ1) is 9.67. The van der Waals surface area contributed by atoms with Gasteiger partial charge in [-0.15, -0.1) is 0 Å². The van der Waals surface area contributed by atoms with Gasteiger partial charge in [-0.3, -0.25) is 15.0 Å². The summed E-state index contributed by atoms with van der Waals surface area (Å²) in [5.74, 6) is 1.27. The molecule has 4 rings (SSSR count). The Hall–Kier alpha value is -0.610. The summed E-state index contributed by atoms with van der Waals surface area (Å²) in [4.78, 5) is 14.9. The molecular weight excluding hydrogens is 250 g/mol. The number of nitrogens with zero attached hydrogens (tertiary/aromatic N) is 1. The van der Waals surface area contributed by atoms with E-state index in [1.807, 2.05) is 0 Å². The number of amides is 1. The predicted octanol–water partition coefficient (Wildman–Crippen LogP) is 1.25. The van der Waals surface area contributed by atoms with Crippen molar-refractivity contribution in [2.75, 3.05) is 13.1 Å². The van der Waals surface area contributed by atoms with Crippen molar-refractivity contribution in [2.24, 2.45) is 17.6 Å². The minimum atomic E-state index is -0.432. The van der Waals surface area contributed by atoms with Crippen LogP contribution in [-0.4, -0.2) is 41.5 Å². The number of nitrogens with one attached hydrogen (secondary N) is 1. The third-order valence-electron chi connectivity index (χ3n) is 5.46. The second-order valence-corrected chi connectivity index (χ2v) is 7.63. The van der Waals surface area contributed by atoms with Gasteiger partial charge < -0.3 is 5.73 Å². The van der Waals surface area contributed by atoms with Gasteiger partial charge in [-0.1, -0.05) is 0 Å². The molecule has 4 aliphatic rings. The van der Waals surface area contributed by atoms with Crippen LogP contribution < -0.4 is 11.1 Å². The van der Waals surface area contributed by atoms with E-state index in [1.165, 1.54) is 57.9 Å². The molecule has 0 radical (unpaired) electrons. The number of rotatable bonds is 9. The first-order valence-corrected chi connectivity index (χ1v) is 8.49. The molecule has 1 amide bonds. The highest BCUT2D eigenvalue weighted by Gasteiger charge is 2.54. The topological polar surface area (TPSA) is 58.4 Å². The Labute approximate surface area is 121 Å². The zero-order chi connectivity index (χ0) is 13.7. The lowest BCUT2D eigenvalue weighted by Crippen LogP contribution is -2.64. The van der Waals surface area contributed by atoms with Crippen LogP contribution in [0.5, 0.6) is 0 Å². The SMILES string of the molecule is NC(=O)C(CN(CC1CC1)C1CC1)(NC1CC1)C1CC1. The van der Waals surface area contributed by atoms with Crippen LogP contribution in [0.25, 0.3) is 0 Å². The fourth-order valence-electron chi connectivity index (χ4n) is 3.55. The van der Waals surface area contributed by atoms with Gasteiger partial charge in [0.15, 0.2) is 0 Å². The van der Waals surface area contributed by atoms with E-state index in [0.717, 1.165) is 18.5 Å². The number of hydrogen-bond donors (Lipinski definition) is 2. The first kappa shape index (κ1) is 13.1. The maximum Gasteiger partial charge on any atom is 0.239 e. The number of nitrogens with two attached hydrogens (primary N) is 1. The van der Waals surface area contributed by atoms with Gasteiger partial charge in [0.25, 0.3) is 0 Å². The van der Waals surface area contributed by atoms with Crippen molar-refractivity contribution in [3.8, 4) is 0 Å². The molecule has 4 heteroatoms. The van der Waals surface area contributed by atoms with E-state index in [2.05, 4.69) is 10.2 Å². The summed E-state index contributed by atoms with van der Waals surface area (Å²) in [5.41, 5.74) is 5.44. The zero-order valence-corrected chi connectivity index (χ0v) is 12.3. The van der Waals surface area contributed by atoms with Gasteiger partial charge in [-0.05, 0) is 63.2 Å². The Morgan fingerprint density at radius 2 is 1.80 bits per heavy atom. The molecule has 3 N–H and O–H groups in total. The van der Waals surface area contributed by atoms with Crippen LogP contribution in [0, 0.1) is 11.8 Å². The molecule has 4 nitrogen and oxygen atoms in total. The van der Waals surface area contributed by atoms with Crippen molar-refractivity contribution in [3.63, 3.8) is 0 Å². The largest absolute Gasteiger partial charge is 0.368 e. The molecule has 4 fully saturated rings. The molecular formula is C16H27N3O. The smallest absolute Gasteiger partial charge is 0.239 e. The summed E-state index contributed by atoms with van der Waals surface area (Å²) in [5, 5.41) is 3.66. The second-order valence-electron chi connectivity index (χ2n) is 7.63. The van der Waals surface area contributed by atoms with Gasteiger partial charge >= 0.3 is 0 Å². The number of carbonyl (C=O) groups is 1. The minimum Gasteiger partial charge on any atom is -0.368 e. The molecule has 1 atom stereocenters. The van der Waals surface area contributed by atoms with E-state index in [1.54, 1.807) is 0 Å². The summed E-state index contributed by atoms with van der Waals surface area (Å²) >= 11 is 0. The molecule has 112 valence electrons. The Kier molecular flexibility index (Phi) is 3.08. The molecule has 0 aromatic heterocycles. The molecule has 0 spiro atoms. The van der Waals surface area contributed by atoms with Crippen LogP contribution in [0.2, 0.25) is 0 Å². The van der Waals surface area contributed by atoms with Gasteiger partial charge in [-0.2, -0.15) is 0 Å². The lowest BCUT2D eigenvalue weighted by atomic mass is 9.90. The zero-order valence-electron chi connectivity index (χ0n) is 12.3. The average Bonchev–Trinajstić information content (AvgIpc) is 3.20. The monoisotopic (exact) mass is 277 g/mol. The second kappa shape index (κ2) is 4.70. The third kappa shape index (κ3) is 2.73. The third-order valence-corrected chi connectivity index (χ3v) is 5.46. The van der Waals surface area contributed by atoms with Crippen LogP contribution in [-0.2, 0) is 4.79 Å². The number of hydrogen-bond acceptors (Lipinski definition) is 3. The van der Waals surface area contributed by atoms with Crippen molar-refractivity contribution in [1.29, 1.82) is 0 Å². The van der Waals surface area contributed by atoms with Crippen molar-refractivity contribution >= 4 is 5.91 Å². The molecule has 1 unspecified atom stereocenters. The van der Waals surface area contributed by atoms with E-state index >= 15 is 0 Å². The molecule has 0 heterocycles. The van der Waals surface area contributed by atoms with Crippen LogP contribution in [0.15, 0.2) is 0 Å². The quantitative estimate of drug-likeness (QED) is 0.667. The highest BCUT2D eigenvalue weighted by Crippen LogP contribution is 2.44. The molecule has 0 aromatic carbocycles. The first-order valence-electron chi connectivity index (χ1n) is 8.49. The van der Waals surface area contributed by atoms with E-state index in [4.69, 9.17) is 5.73 Å². The van der Waals surface area contributed by atoms with Crippen LogP contribution in [0.1, 0.15) is 51.4 Å². The van der Waals surface area contributed by atoms with Crippen LogP contribution in [0.3, 0.4) is 0 Å².